The third-order valence-electron chi connectivity index (χ3n) is 5.50. The molecule has 0 radical (unpaired) electrons. The summed E-state index contributed by atoms with van der Waals surface area (Å²) in [5, 5.41) is 11.7. The lowest BCUT2D eigenvalue weighted by Gasteiger charge is -2.35. The van der Waals surface area contributed by atoms with Gasteiger partial charge in [0.1, 0.15) is 16.4 Å². The van der Waals surface area contributed by atoms with Crippen molar-refractivity contribution in [1.29, 1.82) is 0 Å². The topological polar surface area (TPSA) is 101 Å². The smallest absolute Gasteiger partial charge is 0.293 e. The molecule has 3 aromatic rings. The van der Waals surface area contributed by atoms with Crippen LogP contribution in [0.2, 0.25) is 0 Å². The number of nitrogens with zero attached hydrogens (tertiary/aromatic N) is 3. The van der Waals surface area contributed by atoms with Crippen molar-refractivity contribution in [2.75, 3.05) is 31.1 Å². The summed E-state index contributed by atoms with van der Waals surface area (Å²) >= 11 is 0. The lowest BCUT2D eigenvalue weighted by molar-refractivity contribution is -0.384. The van der Waals surface area contributed by atoms with Crippen molar-refractivity contribution in [3.05, 3.63) is 99.9 Å². The number of nitro groups is 1. The zero-order valence-electron chi connectivity index (χ0n) is 17.4. The summed E-state index contributed by atoms with van der Waals surface area (Å²) in [4.78, 5) is 25.2. The van der Waals surface area contributed by atoms with Crippen molar-refractivity contribution in [1.82, 2.24) is 4.31 Å². The summed E-state index contributed by atoms with van der Waals surface area (Å²) in [7, 11) is -4.02. The molecule has 4 rings (SSSR count). The highest BCUT2D eigenvalue weighted by atomic mass is 32.2. The first-order valence-corrected chi connectivity index (χ1v) is 11.6. The van der Waals surface area contributed by atoms with E-state index in [1.165, 1.54) is 40.7 Å². The SMILES string of the molecule is O=C(c1ccccc1)c1ccc(N2CCN(S(=O)(=O)c3ccccc3F)CC2)c([N+](=O)[O-])c1. The van der Waals surface area contributed by atoms with E-state index in [-0.39, 0.29) is 43.2 Å². The van der Waals surface area contributed by atoms with E-state index in [1.54, 1.807) is 35.2 Å². The first-order valence-electron chi connectivity index (χ1n) is 10.2. The number of benzene rings is 3. The fraction of sp³-hybridized carbons (Fsp3) is 0.174. The molecule has 1 aliphatic rings. The van der Waals surface area contributed by atoms with Gasteiger partial charge >= 0.3 is 0 Å². The summed E-state index contributed by atoms with van der Waals surface area (Å²) in [5.74, 6) is -1.15. The van der Waals surface area contributed by atoms with Gasteiger partial charge in [-0.2, -0.15) is 4.31 Å². The highest BCUT2D eigenvalue weighted by molar-refractivity contribution is 7.89. The van der Waals surface area contributed by atoms with Crippen LogP contribution in [-0.2, 0) is 10.0 Å². The summed E-state index contributed by atoms with van der Waals surface area (Å²) in [6, 6.07) is 17.9. The zero-order chi connectivity index (χ0) is 23.6. The van der Waals surface area contributed by atoms with Gasteiger partial charge in [0.25, 0.3) is 5.69 Å². The van der Waals surface area contributed by atoms with Crippen molar-refractivity contribution in [3.8, 4) is 0 Å². The number of rotatable bonds is 6. The largest absolute Gasteiger partial charge is 0.363 e. The zero-order valence-corrected chi connectivity index (χ0v) is 18.2. The van der Waals surface area contributed by atoms with Gasteiger partial charge in [0.15, 0.2) is 5.78 Å². The van der Waals surface area contributed by atoms with E-state index in [4.69, 9.17) is 0 Å². The summed E-state index contributed by atoms with van der Waals surface area (Å²) < 4.78 is 40.8. The molecule has 0 N–H and O–H groups in total. The summed E-state index contributed by atoms with van der Waals surface area (Å²) in [6.07, 6.45) is 0. The number of halogens is 1. The van der Waals surface area contributed by atoms with Gasteiger partial charge < -0.3 is 4.90 Å². The minimum atomic E-state index is -4.02. The third kappa shape index (κ3) is 4.48. The Morgan fingerprint density at radius 2 is 1.52 bits per heavy atom. The average Bonchev–Trinajstić information content (AvgIpc) is 2.84. The molecule has 0 saturated carbocycles. The minimum Gasteiger partial charge on any atom is -0.363 e. The number of anilines is 1. The number of sulfonamides is 1. The van der Waals surface area contributed by atoms with Crippen LogP contribution in [0.5, 0.6) is 0 Å². The number of ketones is 1. The van der Waals surface area contributed by atoms with E-state index in [1.807, 2.05) is 0 Å². The van der Waals surface area contributed by atoms with Crippen LogP contribution in [0.4, 0.5) is 15.8 Å². The molecule has 33 heavy (non-hydrogen) atoms. The van der Waals surface area contributed by atoms with Crippen LogP contribution >= 0.6 is 0 Å². The Hall–Kier alpha value is -3.63. The van der Waals surface area contributed by atoms with Gasteiger partial charge in [-0.15, -0.1) is 0 Å². The maximum absolute atomic E-state index is 14.0. The van der Waals surface area contributed by atoms with E-state index in [2.05, 4.69) is 0 Å². The minimum absolute atomic E-state index is 0.0402. The molecule has 3 aromatic carbocycles. The highest BCUT2D eigenvalue weighted by Crippen LogP contribution is 2.32. The normalized spacial score (nSPS) is 14.8. The molecule has 1 heterocycles. The Balaban J connectivity index is 1.55. The number of nitro benzene ring substituents is 1. The van der Waals surface area contributed by atoms with Crippen LogP contribution in [0.25, 0.3) is 0 Å². The van der Waals surface area contributed by atoms with Crippen LogP contribution < -0.4 is 4.90 Å². The van der Waals surface area contributed by atoms with Crippen molar-refractivity contribution in [2.45, 2.75) is 4.90 Å². The van der Waals surface area contributed by atoms with Crippen molar-refractivity contribution < 1.29 is 22.5 Å². The molecule has 8 nitrogen and oxygen atoms in total. The summed E-state index contributed by atoms with van der Waals surface area (Å²) in [5.41, 5.74) is 0.679. The van der Waals surface area contributed by atoms with Crippen molar-refractivity contribution in [3.63, 3.8) is 0 Å². The lowest BCUT2D eigenvalue weighted by atomic mass is 10.0. The fourth-order valence-corrected chi connectivity index (χ4v) is 5.28. The Kier molecular flexibility index (Phi) is 6.21. The predicted octanol–water partition coefficient (Wildman–Crippen LogP) is 3.48. The molecule has 1 aliphatic heterocycles. The molecule has 0 spiro atoms. The van der Waals surface area contributed by atoms with E-state index < -0.39 is 25.7 Å². The van der Waals surface area contributed by atoms with Crippen LogP contribution in [0.1, 0.15) is 15.9 Å². The number of hydrogen-bond acceptors (Lipinski definition) is 6. The molecule has 10 heteroatoms. The second-order valence-corrected chi connectivity index (χ2v) is 9.38. The molecule has 0 unspecified atom stereocenters. The highest BCUT2D eigenvalue weighted by Gasteiger charge is 2.32. The number of carbonyl (C=O) groups excluding carboxylic acids is 1. The molecular weight excluding hydrogens is 449 g/mol. The van der Waals surface area contributed by atoms with Gasteiger partial charge in [-0.05, 0) is 24.3 Å². The van der Waals surface area contributed by atoms with Gasteiger partial charge in [-0.1, -0.05) is 42.5 Å². The number of piperazine rings is 1. The number of carbonyl (C=O) groups is 1. The predicted molar refractivity (Wildman–Crippen MR) is 120 cm³/mol. The molecular formula is C23H20FN3O5S. The van der Waals surface area contributed by atoms with E-state index in [0.29, 0.717) is 11.3 Å². The average molecular weight is 469 g/mol. The maximum atomic E-state index is 14.0. The Morgan fingerprint density at radius 1 is 0.879 bits per heavy atom. The monoisotopic (exact) mass is 469 g/mol. The van der Waals surface area contributed by atoms with Gasteiger partial charge in [0.2, 0.25) is 10.0 Å². The Labute approximate surface area is 190 Å². The molecule has 0 aromatic heterocycles. The van der Waals surface area contributed by atoms with Crippen LogP contribution in [0.3, 0.4) is 0 Å². The van der Waals surface area contributed by atoms with Gasteiger partial charge in [0.05, 0.1) is 4.92 Å². The Bertz CT molecular complexity index is 1310. The van der Waals surface area contributed by atoms with E-state index in [0.717, 1.165) is 6.07 Å². The molecule has 1 saturated heterocycles. The van der Waals surface area contributed by atoms with Gasteiger partial charge in [-0.25, -0.2) is 12.8 Å². The van der Waals surface area contributed by atoms with Crippen LogP contribution in [0, 0.1) is 15.9 Å². The molecule has 0 aliphatic carbocycles. The second kappa shape index (κ2) is 9.08. The van der Waals surface area contributed by atoms with Gasteiger partial charge in [0, 0.05) is 43.4 Å². The maximum Gasteiger partial charge on any atom is 0.293 e. The first-order chi connectivity index (χ1) is 15.8. The molecule has 0 amide bonds. The molecule has 0 bridgehead atoms. The first kappa shape index (κ1) is 22.6. The lowest BCUT2D eigenvalue weighted by Crippen LogP contribution is -2.49. The van der Waals surface area contributed by atoms with Crippen LogP contribution in [-0.4, -0.2) is 49.6 Å². The quantitative estimate of drug-likeness (QED) is 0.311. The van der Waals surface area contributed by atoms with Crippen LogP contribution in [0.15, 0.2) is 77.7 Å². The Morgan fingerprint density at radius 3 is 2.15 bits per heavy atom. The summed E-state index contributed by atoms with van der Waals surface area (Å²) in [6.45, 7) is 0.443. The fourth-order valence-electron chi connectivity index (χ4n) is 3.80. The number of hydrogen-bond donors (Lipinski definition) is 0. The van der Waals surface area contributed by atoms with E-state index in [9.17, 15) is 27.7 Å². The molecule has 170 valence electrons. The second-order valence-electron chi connectivity index (χ2n) is 7.48. The van der Waals surface area contributed by atoms with Crippen molar-refractivity contribution in [2.24, 2.45) is 0 Å². The standard InChI is InChI=1S/C23H20FN3O5S/c24-19-8-4-5-9-22(19)33(31,32)26-14-12-25(13-15-26)20-11-10-18(16-21(20)27(29)30)23(28)17-6-2-1-3-7-17/h1-11,16H,12-15H2. The van der Waals surface area contributed by atoms with Crippen molar-refractivity contribution >= 4 is 27.2 Å². The van der Waals surface area contributed by atoms with E-state index >= 15 is 0 Å². The molecule has 0 atom stereocenters. The van der Waals surface area contributed by atoms with Gasteiger partial charge in [-0.3, -0.25) is 14.9 Å². The third-order valence-corrected chi connectivity index (χ3v) is 7.44. The molecule has 1 fully saturated rings.